The Balaban J connectivity index is 2.35. The van der Waals surface area contributed by atoms with Gasteiger partial charge in [0, 0.05) is 6.92 Å². The summed E-state index contributed by atoms with van der Waals surface area (Å²) in [7, 11) is 0. The Labute approximate surface area is 122 Å². The quantitative estimate of drug-likeness (QED) is 0.742. The summed E-state index contributed by atoms with van der Waals surface area (Å²) in [4.78, 5) is 35.4. The average Bonchev–Trinajstić information content (AvgIpc) is 2.68. The molecule has 1 aliphatic heterocycles. The van der Waals surface area contributed by atoms with E-state index >= 15 is 0 Å². The largest absolute Gasteiger partial charge is 0.463 e. The Hall–Kier alpha value is -1.73. The van der Waals surface area contributed by atoms with Gasteiger partial charge in [0.1, 0.15) is 18.2 Å². The molecule has 0 aromatic carbocycles. The highest BCUT2D eigenvalue weighted by Gasteiger charge is 2.53. The Morgan fingerprint density at radius 2 is 2.05 bits per heavy atom. The number of rotatable bonds is 3. The van der Waals surface area contributed by atoms with Gasteiger partial charge in [0.15, 0.2) is 11.6 Å². The lowest BCUT2D eigenvalue weighted by atomic mass is 9.88. The van der Waals surface area contributed by atoms with Gasteiger partial charge in [-0.15, -0.1) is 0 Å². The van der Waals surface area contributed by atoms with E-state index in [0.717, 1.165) is 0 Å². The molecule has 1 saturated heterocycles. The van der Waals surface area contributed by atoms with E-state index in [0.29, 0.717) is 0 Å². The summed E-state index contributed by atoms with van der Waals surface area (Å²) < 4.78 is 16.3. The molecule has 0 saturated carbocycles. The lowest BCUT2D eigenvalue weighted by molar-refractivity contribution is -0.150. The summed E-state index contributed by atoms with van der Waals surface area (Å²) in [5.41, 5.74) is 0.124. The van der Waals surface area contributed by atoms with Crippen molar-refractivity contribution >= 4 is 17.7 Å². The summed E-state index contributed by atoms with van der Waals surface area (Å²) in [6.07, 6.45) is -0.320. The third-order valence-electron chi connectivity index (χ3n) is 3.24. The zero-order chi connectivity index (χ0) is 15.8. The summed E-state index contributed by atoms with van der Waals surface area (Å²) in [6, 6.07) is -0.868. The first-order valence-electron chi connectivity index (χ1n) is 6.80. The molecule has 0 radical (unpaired) electrons. The highest BCUT2D eigenvalue weighted by molar-refractivity contribution is 6.05. The van der Waals surface area contributed by atoms with Crippen LogP contribution in [0.15, 0.2) is 11.6 Å². The van der Waals surface area contributed by atoms with Crippen LogP contribution in [0, 0.1) is 0 Å². The number of carbonyl (C=O) groups excluding carboxylic acids is 3. The fraction of sp³-hybridized carbons (Fsp3) is 0.643. The fourth-order valence-electron chi connectivity index (χ4n) is 2.52. The lowest BCUT2D eigenvalue weighted by Gasteiger charge is -2.29. The maximum absolute atomic E-state index is 12.2. The van der Waals surface area contributed by atoms with Gasteiger partial charge in [-0.05, 0) is 26.8 Å². The number of esters is 1. The van der Waals surface area contributed by atoms with E-state index in [1.165, 1.54) is 13.0 Å². The number of ketones is 1. The molecule has 2 unspecified atom stereocenters. The minimum absolute atomic E-state index is 0.124. The Morgan fingerprint density at radius 3 is 2.62 bits per heavy atom. The lowest BCUT2D eigenvalue weighted by Crippen LogP contribution is -2.55. The van der Waals surface area contributed by atoms with Gasteiger partial charge in [0.25, 0.3) is 0 Å². The first-order valence-corrected chi connectivity index (χ1v) is 6.80. The van der Waals surface area contributed by atoms with Crippen LogP contribution < -0.4 is 5.32 Å². The number of amides is 1. The van der Waals surface area contributed by atoms with Crippen LogP contribution in [0.1, 0.15) is 27.7 Å². The standard InChI is InChI=1S/C14H19NO6/c1-5-19-13(18)8-6-9(17)10(15-7(2)16)12-11(8)20-14(3,4)21-12/h6,10-12H,5H2,1-4H3,(H,15,16)/t10?,11?,12-/m0/s1. The topological polar surface area (TPSA) is 90.9 Å². The van der Waals surface area contributed by atoms with Gasteiger partial charge in [-0.25, -0.2) is 4.79 Å². The maximum Gasteiger partial charge on any atom is 0.336 e. The molecule has 116 valence electrons. The van der Waals surface area contributed by atoms with Crippen LogP contribution in [0.5, 0.6) is 0 Å². The van der Waals surface area contributed by atoms with Gasteiger partial charge < -0.3 is 19.5 Å². The molecular weight excluding hydrogens is 278 g/mol. The molecule has 1 amide bonds. The third-order valence-corrected chi connectivity index (χ3v) is 3.24. The van der Waals surface area contributed by atoms with Gasteiger partial charge in [0.2, 0.25) is 5.91 Å². The van der Waals surface area contributed by atoms with Crippen molar-refractivity contribution in [3.63, 3.8) is 0 Å². The van der Waals surface area contributed by atoms with Gasteiger partial charge in [-0.3, -0.25) is 9.59 Å². The van der Waals surface area contributed by atoms with Crippen molar-refractivity contribution in [2.75, 3.05) is 6.61 Å². The monoisotopic (exact) mass is 297 g/mol. The molecule has 7 nitrogen and oxygen atoms in total. The van der Waals surface area contributed by atoms with E-state index in [1.54, 1.807) is 20.8 Å². The Kier molecular flexibility index (Phi) is 4.15. The Bertz CT molecular complexity index is 510. The van der Waals surface area contributed by atoms with E-state index < -0.39 is 35.8 Å². The highest BCUT2D eigenvalue weighted by Crippen LogP contribution is 2.37. The van der Waals surface area contributed by atoms with Crippen LogP contribution in [0.2, 0.25) is 0 Å². The number of ether oxygens (including phenoxy) is 3. The molecular formula is C14H19NO6. The van der Waals surface area contributed by atoms with Crippen molar-refractivity contribution in [1.29, 1.82) is 0 Å². The first-order chi connectivity index (χ1) is 9.75. The van der Waals surface area contributed by atoms with Crippen LogP contribution in [0.25, 0.3) is 0 Å². The van der Waals surface area contributed by atoms with Crippen molar-refractivity contribution in [2.24, 2.45) is 0 Å². The molecule has 1 aliphatic carbocycles. The average molecular weight is 297 g/mol. The molecule has 0 aromatic rings. The summed E-state index contributed by atoms with van der Waals surface area (Å²) in [5.74, 6) is -2.32. The van der Waals surface area contributed by atoms with E-state index in [4.69, 9.17) is 14.2 Å². The van der Waals surface area contributed by atoms with Crippen LogP contribution >= 0.6 is 0 Å². The summed E-state index contributed by atoms with van der Waals surface area (Å²) in [5, 5.41) is 2.54. The predicted molar refractivity (Wildman–Crippen MR) is 71.2 cm³/mol. The first kappa shape index (κ1) is 15.7. The highest BCUT2D eigenvalue weighted by atomic mass is 16.8. The fourth-order valence-corrected chi connectivity index (χ4v) is 2.52. The van der Waals surface area contributed by atoms with Gasteiger partial charge in [0.05, 0.1) is 12.2 Å². The molecule has 1 N–H and O–H groups in total. The molecule has 2 aliphatic rings. The SMILES string of the molecule is CCOC(=O)C1=CC(=O)C(NC(C)=O)[C@@H]2OC(C)(C)OC12. The van der Waals surface area contributed by atoms with Crippen LogP contribution in [0.3, 0.4) is 0 Å². The van der Waals surface area contributed by atoms with Crippen molar-refractivity contribution in [3.05, 3.63) is 11.6 Å². The zero-order valence-corrected chi connectivity index (χ0v) is 12.5. The van der Waals surface area contributed by atoms with E-state index in [2.05, 4.69) is 5.32 Å². The second-order valence-corrected chi connectivity index (χ2v) is 5.42. The van der Waals surface area contributed by atoms with Gasteiger partial charge in [-0.2, -0.15) is 0 Å². The molecule has 21 heavy (non-hydrogen) atoms. The molecule has 0 aromatic heterocycles. The second kappa shape index (κ2) is 5.57. The third kappa shape index (κ3) is 3.14. The molecule has 3 atom stereocenters. The van der Waals surface area contributed by atoms with Gasteiger partial charge >= 0.3 is 5.97 Å². The van der Waals surface area contributed by atoms with Crippen molar-refractivity contribution < 1.29 is 28.6 Å². The Morgan fingerprint density at radius 1 is 1.38 bits per heavy atom. The smallest absolute Gasteiger partial charge is 0.336 e. The number of hydrogen-bond acceptors (Lipinski definition) is 6. The molecule has 2 rings (SSSR count). The zero-order valence-electron chi connectivity index (χ0n) is 12.5. The number of carbonyl (C=O) groups is 3. The van der Waals surface area contributed by atoms with Crippen LogP contribution in [0.4, 0.5) is 0 Å². The molecule has 7 heteroatoms. The molecule has 1 fully saturated rings. The maximum atomic E-state index is 12.2. The van der Waals surface area contributed by atoms with Gasteiger partial charge in [-0.1, -0.05) is 0 Å². The minimum atomic E-state index is -0.956. The molecule has 0 spiro atoms. The van der Waals surface area contributed by atoms with Crippen LogP contribution in [-0.4, -0.2) is 48.3 Å². The predicted octanol–water partition coefficient (Wildman–Crippen LogP) is 0.0834. The van der Waals surface area contributed by atoms with Crippen LogP contribution in [-0.2, 0) is 28.6 Å². The van der Waals surface area contributed by atoms with E-state index in [-0.39, 0.29) is 18.1 Å². The van der Waals surface area contributed by atoms with Crippen molar-refractivity contribution in [1.82, 2.24) is 5.32 Å². The van der Waals surface area contributed by atoms with Crippen molar-refractivity contribution in [3.8, 4) is 0 Å². The number of nitrogens with one attached hydrogen (secondary N) is 1. The number of fused-ring (bicyclic) bond motifs is 1. The molecule has 1 heterocycles. The normalized spacial score (nSPS) is 30.4. The number of hydrogen-bond donors (Lipinski definition) is 1. The summed E-state index contributed by atoms with van der Waals surface area (Å²) in [6.45, 7) is 6.55. The van der Waals surface area contributed by atoms with Crippen molar-refractivity contribution in [2.45, 2.75) is 51.7 Å². The van der Waals surface area contributed by atoms with E-state index in [1.807, 2.05) is 0 Å². The minimum Gasteiger partial charge on any atom is -0.463 e. The van der Waals surface area contributed by atoms with E-state index in [9.17, 15) is 14.4 Å². The second-order valence-electron chi connectivity index (χ2n) is 5.42. The summed E-state index contributed by atoms with van der Waals surface area (Å²) >= 11 is 0. The molecule has 0 bridgehead atoms.